The molecule has 106 valence electrons. The van der Waals surface area contributed by atoms with Gasteiger partial charge in [-0.2, -0.15) is 0 Å². The van der Waals surface area contributed by atoms with Crippen molar-refractivity contribution in [1.29, 1.82) is 0 Å². The summed E-state index contributed by atoms with van der Waals surface area (Å²) in [5.41, 5.74) is -0.00215. The normalized spacial score (nSPS) is 10.8. The zero-order valence-corrected chi connectivity index (χ0v) is 11.8. The molecule has 0 spiro atoms. The molecule has 0 saturated heterocycles. The molecule has 1 aromatic heterocycles. The number of halogens is 1. The third-order valence-electron chi connectivity index (χ3n) is 3.05. The number of rotatable bonds is 2. The summed E-state index contributed by atoms with van der Waals surface area (Å²) in [6.45, 7) is 1.62. The molecule has 21 heavy (non-hydrogen) atoms. The fraction of sp³-hybridized carbons (Fsp3) is 0.0625. The number of para-hydroxylation sites is 1. The van der Waals surface area contributed by atoms with Crippen LogP contribution in [0.1, 0.15) is 5.76 Å². The number of hydrogen-bond donors (Lipinski definition) is 1. The summed E-state index contributed by atoms with van der Waals surface area (Å²) in [7, 11) is 0. The maximum absolute atomic E-state index is 12.5. The third-order valence-corrected chi connectivity index (χ3v) is 3.36. The highest BCUT2D eigenvalue weighted by molar-refractivity contribution is 6.32. The van der Waals surface area contributed by atoms with Crippen LogP contribution >= 0.6 is 11.6 Å². The van der Waals surface area contributed by atoms with Gasteiger partial charge >= 0.3 is 0 Å². The lowest BCUT2D eigenvalue weighted by Crippen LogP contribution is -2.07. The highest BCUT2D eigenvalue weighted by atomic mass is 35.5. The monoisotopic (exact) mass is 302 g/mol. The van der Waals surface area contributed by atoms with Gasteiger partial charge in [0.1, 0.15) is 22.8 Å². The summed E-state index contributed by atoms with van der Waals surface area (Å²) in [6.07, 6.45) is 0. The molecule has 0 bridgehead atoms. The summed E-state index contributed by atoms with van der Waals surface area (Å²) in [5.74, 6) is 0.817. The number of phenolic OH excluding ortho intramolecular Hbond substituents is 1. The summed E-state index contributed by atoms with van der Waals surface area (Å²) in [6, 6.07) is 11.2. The summed E-state index contributed by atoms with van der Waals surface area (Å²) < 4.78 is 11.1. The van der Waals surface area contributed by atoms with E-state index < -0.39 is 0 Å². The first kappa shape index (κ1) is 13.5. The first-order chi connectivity index (χ1) is 10.1. The second-order valence-electron chi connectivity index (χ2n) is 4.53. The Labute approximate surface area is 125 Å². The van der Waals surface area contributed by atoms with E-state index in [1.807, 2.05) is 0 Å². The summed E-state index contributed by atoms with van der Waals surface area (Å²) in [5, 5.41) is 10.2. The quantitative estimate of drug-likeness (QED) is 0.768. The predicted octanol–water partition coefficient (Wildman–Crippen LogP) is 4.25. The van der Waals surface area contributed by atoms with Gasteiger partial charge < -0.3 is 14.3 Å². The van der Waals surface area contributed by atoms with E-state index in [0.717, 1.165) is 0 Å². The second kappa shape index (κ2) is 5.14. The molecule has 0 fully saturated rings. The zero-order chi connectivity index (χ0) is 15.0. The van der Waals surface area contributed by atoms with Gasteiger partial charge in [-0.15, -0.1) is 0 Å². The molecule has 0 aliphatic heterocycles. The van der Waals surface area contributed by atoms with Crippen LogP contribution in [0, 0.1) is 6.92 Å². The van der Waals surface area contributed by atoms with Crippen LogP contribution in [-0.4, -0.2) is 5.11 Å². The van der Waals surface area contributed by atoms with Gasteiger partial charge in [0.2, 0.25) is 11.2 Å². The molecule has 3 rings (SSSR count). The van der Waals surface area contributed by atoms with E-state index in [1.165, 1.54) is 18.2 Å². The molecule has 0 radical (unpaired) electrons. The van der Waals surface area contributed by atoms with Crippen molar-refractivity contribution in [2.45, 2.75) is 6.92 Å². The van der Waals surface area contributed by atoms with Crippen LogP contribution in [0.5, 0.6) is 17.2 Å². The van der Waals surface area contributed by atoms with Crippen LogP contribution in [0.3, 0.4) is 0 Å². The van der Waals surface area contributed by atoms with Crippen molar-refractivity contribution in [3.63, 3.8) is 0 Å². The van der Waals surface area contributed by atoms with Gasteiger partial charge in [0, 0.05) is 6.07 Å². The van der Waals surface area contributed by atoms with Crippen LogP contribution in [0.2, 0.25) is 5.02 Å². The molecule has 4 nitrogen and oxygen atoms in total. The molecule has 0 aliphatic carbocycles. The second-order valence-corrected chi connectivity index (χ2v) is 4.94. The SMILES string of the molecule is Cc1oc2cc(O)ccc2c(=O)c1Oc1ccccc1Cl. The Morgan fingerprint density at radius 2 is 1.95 bits per heavy atom. The molecule has 0 saturated carbocycles. The van der Waals surface area contributed by atoms with Gasteiger partial charge in [-0.3, -0.25) is 4.79 Å². The lowest BCUT2D eigenvalue weighted by atomic mass is 10.2. The summed E-state index contributed by atoms with van der Waals surface area (Å²) >= 11 is 6.03. The zero-order valence-electron chi connectivity index (χ0n) is 11.1. The van der Waals surface area contributed by atoms with Gasteiger partial charge in [0.15, 0.2) is 0 Å². The van der Waals surface area contributed by atoms with E-state index in [2.05, 4.69) is 0 Å². The topological polar surface area (TPSA) is 59.7 Å². The molecule has 0 unspecified atom stereocenters. The van der Waals surface area contributed by atoms with Crippen molar-refractivity contribution in [1.82, 2.24) is 0 Å². The maximum Gasteiger partial charge on any atom is 0.235 e. The van der Waals surface area contributed by atoms with Crippen LogP contribution in [0.15, 0.2) is 51.7 Å². The van der Waals surface area contributed by atoms with Crippen molar-refractivity contribution in [2.75, 3.05) is 0 Å². The first-order valence-electron chi connectivity index (χ1n) is 6.25. The number of aromatic hydroxyl groups is 1. The van der Waals surface area contributed by atoms with E-state index in [-0.39, 0.29) is 16.9 Å². The number of phenols is 1. The Bertz CT molecular complexity index is 883. The Hall–Kier alpha value is -2.46. The largest absolute Gasteiger partial charge is 0.508 e. The predicted molar refractivity (Wildman–Crippen MR) is 80.4 cm³/mol. The van der Waals surface area contributed by atoms with Crippen molar-refractivity contribution in [3.8, 4) is 17.2 Å². The number of fused-ring (bicyclic) bond motifs is 1. The minimum atomic E-state index is -0.311. The fourth-order valence-electron chi connectivity index (χ4n) is 2.03. The third kappa shape index (κ3) is 2.45. The molecule has 3 aromatic rings. The van der Waals surface area contributed by atoms with E-state index >= 15 is 0 Å². The standard InChI is InChI=1S/C16H11ClO4/c1-9-16(21-13-5-3-2-4-12(13)17)15(19)11-7-6-10(18)8-14(11)20-9/h2-8,18H,1H3. The molecular weight excluding hydrogens is 292 g/mol. The van der Waals surface area contributed by atoms with E-state index in [0.29, 0.717) is 27.5 Å². The fourth-order valence-corrected chi connectivity index (χ4v) is 2.21. The maximum atomic E-state index is 12.5. The molecule has 0 amide bonds. The van der Waals surface area contributed by atoms with Crippen molar-refractivity contribution < 1.29 is 14.3 Å². The molecule has 0 aliphatic rings. The minimum absolute atomic E-state index is 0.0322. The minimum Gasteiger partial charge on any atom is -0.508 e. The molecule has 0 atom stereocenters. The highest BCUT2D eigenvalue weighted by Crippen LogP contribution is 2.30. The Morgan fingerprint density at radius 3 is 2.71 bits per heavy atom. The van der Waals surface area contributed by atoms with Crippen molar-refractivity contribution in [2.24, 2.45) is 0 Å². The lowest BCUT2D eigenvalue weighted by Gasteiger charge is -2.09. The molecule has 5 heteroatoms. The number of hydrogen-bond acceptors (Lipinski definition) is 4. The van der Waals surface area contributed by atoms with Crippen LogP contribution < -0.4 is 10.2 Å². The van der Waals surface area contributed by atoms with Crippen LogP contribution in [-0.2, 0) is 0 Å². The number of ether oxygens (including phenoxy) is 1. The van der Waals surface area contributed by atoms with Crippen LogP contribution in [0.4, 0.5) is 0 Å². The Morgan fingerprint density at radius 1 is 1.19 bits per heavy atom. The van der Waals surface area contributed by atoms with Crippen LogP contribution in [0.25, 0.3) is 11.0 Å². The molecule has 2 aromatic carbocycles. The average molecular weight is 303 g/mol. The average Bonchev–Trinajstić information content (AvgIpc) is 2.45. The van der Waals surface area contributed by atoms with Gasteiger partial charge in [0.25, 0.3) is 0 Å². The molecule has 1 N–H and O–H groups in total. The van der Waals surface area contributed by atoms with Crippen molar-refractivity contribution in [3.05, 3.63) is 63.5 Å². The number of benzene rings is 2. The van der Waals surface area contributed by atoms with E-state index in [1.54, 1.807) is 31.2 Å². The lowest BCUT2D eigenvalue weighted by molar-refractivity contribution is 0.435. The Kier molecular flexibility index (Phi) is 3.31. The molecule has 1 heterocycles. The van der Waals surface area contributed by atoms with Gasteiger partial charge in [-0.1, -0.05) is 23.7 Å². The number of aryl methyl sites for hydroxylation is 1. The van der Waals surface area contributed by atoms with E-state index in [9.17, 15) is 9.90 Å². The molecular formula is C16H11ClO4. The van der Waals surface area contributed by atoms with Gasteiger partial charge in [0.05, 0.1) is 10.4 Å². The summed E-state index contributed by atoms with van der Waals surface area (Å²) in [4.78, 5) is 12.5. The first-order valence-corrected chi connectivity index (χ1v) is 6.63. The van der Waals surface area contributed by atoms with Gasteiger partial charge in [-0.25, -0.2) is 0 Å². The highest BCUT2D eigenvalue weighted by Gasteiger charge is 2.15. The van der Waals surface area contributed by atoms with Crippen molar-refractivity contribution >= 4 is 22.6 Å². The van der Waals surface area contributed by atoms with Gasteiger partial charge in [-0.05, 0) is 31.2 Å². The Balaban J connectivity index is 2.17. The van der Waals surface area contributed by atoms with E-state index in [4.69, 9.17) is 20.8 Å². The smallest absolute Gasteiger partial charge is 0.235 e.